The van der Waals surface area contributed by atoms with Gasteiger partial charge in [-0.1, -0.05) is 6.92 Å². The molecule has 1 unspecified atom stereocenters. The zero-order valence-electron chi connectivity index (χ0n) is 13.7. The van der Waals surface area contributed by atoms with Crippen LogP contribution in [0.5, 0.6) is 0 Å². The summed E-state index contributed by atoms with van der Waals surface area (Å²) in [7, 11) is 0. The van der Waals surface area contributed by atoms with Crippen LogP contribution in [0, 0.1) is 0 Å². The van der Waals surface area contributed by atoms with Crippen LogP contribution < -0.4 is 5.32 Å². The zero-order valence-corrected chi connectivity index (χ0v) is 13.7. The molecule has 0 aliphatic carbocycles. The first-order chi connectivity index (χ1) is 9.00. The van der Waals surface area contributed by atoms with Crippen LogP contribution in [0.3, 0.4) is 0 Å². The van der Waals surface area contributed by atoms with Crippen LogP contribution in [0.4, 0.5) is 0 Å². The highest BCUT2D eigenvalue weighted by atomic mass is 16.5. The summed E-state index contributed by atoms with van der Waals surface area (Å²) in [5.74, 6) is -0.798. The maximum Gasteiger partial charge on any atom is 0.324 e. The van der Waals surface area contributed by atoms with Crippen molar-refractivity contribution in [2.45, 2.75) is 64.7 Å². The molecule has 1 atom stereocenters. The van der Waals surface area contributed by atoms with E-state index in [1.54, 1.807) is 6.92 Å². The van der Waals surface area contributed by atoms with Crippen molar-refractivity contribution >= 4 is 5.97 Å². The number of hydrogen-bond donors (Lipinski definition) is 2. The summed E-state index contributed by atoms with van der Waals surface area (Å²) in [6.07, 6.45) is 0.920. The smallest absolute Gasteiger partial charge is 0.324 e. The number of morpholine rings is 1. The van der Waals surface area contributed by atoms with Crippen LogP contribution in [0.2, 0.25) is 0 Å². The van der Waals surface area contributed by atoms with Crippen LogP contribution in [0.1, 0.15) is 48.0 Å². The van der Waals surface area contributed by atoms with Crippen LogP contribution >= 0.6 is 0 Å². The molecule has 5 nitrogen and oxygen atoms in total. The van der Waals surface area contributed by atoms with Gasteiger partial charge >= 0.3 is 5.97 Å². The minimum absolute atomic E-state index is 0.258. The lowest BCUT2D eigenvalue weighted by molar-refractivity contribution is -0.185. The summed E-state index contributed by atoms with van der Waals surface area (Å²) in [6, 6.07) is 0. The highest BCUT2D eigenvalue weighted by molar-refractivity contribution is 5.78. The van der Waals surface area contributed by atoms with E-state index in [0.717, 1.165) is 19.5 Å². The number of nitrogens with zero attached hydrogens (tertiary/aromatic N) is 1. The molecule has 1 saturated heterocycles. The van der Waals surface area contributed by atoms with Gasteiger partial charge in [-0.2, -0.15) is 0 Å². The van der Waals surface area contributed by atoms with Gasteiger partial charge in [0.2, 0.25) is 0 Å². The van der Waals surface area contributed by atoms with Crippen molar-refractivity contribution in [3.63, 3.8) is 0 Å². The average Bonchev–Trinajstić information content (AvgIpc) is 2.21. The van der Waals surface area contributed by atoms with Gasteiger partial charge in [0.25, 0.3) is 0 Å². The van der Waals surface area contributed by atoms with Crippen molar-refractivity contribution in [3.8, 4) is 0 Å². The number of ether oxygens (including phenoxy) is 1. The third-order valence-electron chi connectivity index (χ3n) is 3.54. The zero-order chi connectivity index (χ0) is 15.6. The van der Waals surface area contributed by atoms with E-state index in [1.807, 2.05) is 6.92 Å². The van der Waals surface area contributed by atoms with Crippen molar-refractivity contribution < 1.29 is 14.6 Å². The third-order valence-corrected chi connectivity index (χ3v) is 3.54. The number of aliphatic carboxylic acids is 1. The van der Waals surface area contributed by atoms with E-state index in [9.17, 15) is 9.90 Å². The number of carboxylic acid groups (broad SMARTS) is 1. The van der Waals surface area contributed by atoms with Gasteiger partial charge < -0.3 is 15.2 Å². The van der Waals surface area contributed by atoms with E-state index >= 15 is 0 Å². The third kappa shape index (κ3) is 4.72. The molecule has 0 spiro atoms. The summed E-state index contributed by atoms with van der Waals surface area (Å²) in [5.41, 5.74) is -1.43. The molecule has 0 saturated carbocycles. The molecular formula is C15H30N2O3. The lowest BCUT2D eigenvalue weighted by Gasteiger charge is -2.48. The number of nitrogens with one attached hydrogen (secondary N) is 1. The lowest BCUT2D eigenvalue weighted by atomic mass is 9.95. The number of carboxylic acids is 1. The van der Waals surface area contributed by atoms with Gasteiger partial charge in [-0.3, -0.25) is 9.69 Å². The predicted octanol–water partition coefficient (Wildman–Crippen LogP) is 1.72. The Morgan fingerprint density at radius 1 is 1.30 bits per heavy atom. The maximum absolute atomic E-state index is 11.6. The van der Waals surface area contributed by atoms with E-state index in [4.69, 9.17) is 4.74 Å². The molecule has 0 aromatic carbocycles. The fourth-order valence-corrected chi connectivity index (χ4v) is 3.10. The average molecular weight is 286 g/mol. The summed E-state index contributed by atoms with van der Waals surface area (Å²) in [6.45, 7) is 14.7. The first-order valence-electron chi connectivity index (χ1n) is 7.41. The van der Waals surface area contributed by atoms with E-state index in [2.05, 4.69) is 37.9 Å². The highest BCUT2D eigenvalue weighted by Gasteiger charge is 2.42. The van der Waals surface area contributed by atoms with Crippen LogP contribution in [-0.4, -0.2) is 58.9 Å². The molecule has 1 rings (SSSR count). The number of hydrogen-bond acceptors (Lipinski definition) is 4. The molecule has 1 aliphatic rings. The first kappa shape index (κ1) is 17.4. The Morgan fingerprint density at radius 3 is 2.20 bits per heavy atom. The van der Waals surface area contributed by atoms with E-state index < -0.39 is 11.5 Å². The first-order valence-corrected chi connectivity index (χ1v) is 7.41. The Morgan fingerprint density at radius 2 is 1.80 bits per heavy atom. The van der Waals surface area contributed by atoms with E-state index in [1.165, 1.54) is 0 Å². The molecule has 20 heavy (non-hydrogen) atoms. The molecule has 0 bridgehead atoms. The monoisotopic (exact) mass is 286 g/mol. The molecule has 0 amide bonds. The molecule has 0 aromatic heterocycles. The Labute approximate surface area is 122 Å². The van der Waals surface area contributed by atoms with Crippen LogP contribution in [-0.2, 0) is 9.53 Å². The lowest BCUT2D eigenvalue weighted by Crippen LogP contribution is -2.63. The Hall–Kier alpha value is -0.650. The molecule has 1 fully saturated rings. The van der Waals surface area contributed by atoms with Crippen LogP contribution in [0.25, 0.3) is 0 Å². The summed E-state index contributed by atoms with van der Waals surface area (Å²) in [5, 5.41) is 12.7. The minimum atomic E-state index is -0.917. The van der Waals surface area contributed by atoms with Gasteiger partial charge in [-0.15, -0.1) is 0 Å². The second-order valence-electron chi connectivity index (χ2n) is 7.33. The molecule has 0 radical (unpaired) electrons. The minimum Gasteiger partial charge on any atom is -0.480 e. The van der Waals surface area contributed by atoms with E-state index in [-0.39, 0.29) is 11.2 Å². The van der Waals surface area contributed by atoms with Crippen molar-refractivity contribution in [1.82, 2.24) is 10.2 Å². The molecular weight excluding hydrogens is 256 g/mol. The standard InChI is InChI=1S/C15H30N2O3/c1-7-8-16-15(6,12(18)19)11-17-9-13(2,3)20-14(4,5)10-17/h16H,7-11H2,1-6H3,(H,18,19). The number of carbonyl (C=O) groups is 1. The van der Waals surface area contributed by atoms with Gasteiger partial charge in [-0.05, 0) is 47.6 Å². The highest BCUT2D eigenvalue weighted by Crippen LogP contribution is 2.28. The molecule has 5 heteroatoms. The van der Waals surface area contributed by atoms with Gasteiger partial charge in [0.15, 0.2) is 0 Å². The summed E-state index contributed by atoms with van der Waals surface area (Å²) in [4.78, 5) is 13.8. The molecule has 2 N–H and O–H groups in total. The SMILES string of the molecule is CCCNC(C)(CN1CC(C)(C)OC(C)(C)C1)C(=O)O. The largest absolute Gasteiger partial charge is 0.480 e. The fraction of sp³-hybridized carbons (Fsp3) is 0.933. The quantitative estimate of drug-likeness (QED) is 0.778. The van der Waals surface area contributed by atoms with Gasteiger partial charge in [-0.25, -0.2) is 0 Å². The Bertz CT molecular complexity index is 339. The van der Waals surface area contributed by atoms with Gasteiger partial charge in [0.05, 0.1) is 11.2 Å². The van der Waals surface area contributed by atoms with Crippen molar-refractivity contribution in [1.29, 1.82) is 0 Å². The van der Waals surface area contributed by atoms with Crippen LogP contribution in [0.15, 0.2) is 0 Å². The maximum atomic E-state index is 11.6. The summed E-state index contributed by atoms with van der Waals surface area (Å²) < 4.78 is 6.04. The second-order valence-corrected chi connectivity index (χ2v) is 7.33. The molecule has 1 heterocycles. The van der Waals surface area contributed by atoms with Crippen molar-refractivity contribution in [2.75, 3.05) is 26.2 Å². The fourth-order valence-electron chi connectivity index (χ4n) is 3.10. The number of rotatable bonds is 6. The topological polar surface area (TPSA) is 61.8 Å². The summed E-state index contributed by atoms with van der Waals surface area (Å²) >= 11 is 0. The molecule has 1 aliphatic heterocycles. The van der Waals surface area contributed by atoms with Crippen molar-refractivity contribution in [2.24, 2.45) is 0 Å². The van der Waals surface area contributed by atoms with E-state index in [0.29, 0.717) is 13.1 Å². The molecule has 0 aromatic rings. The molecule has 118 valence electrons. The van der Waals surface area contributed by atoms with Crippen molar-refractivity contribution in [3.05, 3.63) is 0 Å². The van der Waals surface area contributed by atoms with Gasteiger partial charge in [0.1, 0.15) is 5.54 Å². The van der Waals surface area contributed by atoms with Gasteiger partial charge in [0, 0.05) is 19.6 Å². The Balaban J connectivity index is 2.80. The second kappa shape index (κ2) is 6.00. The predicted molar refractivity (Wildman–Crippen MR) is 80.0 cm³/mol. The Kier molecular flexibility index (Phi) is 5.22. The normalized spacial score (nSPS) is 25.1.